The molecule has 0 amide bonds. The van der Waals surface area contributed by atoms with Crippen LogP contribution in [0.4, 0.5) is 0 Å². The van der Waals surface area contributed by atoms with Crippen molar-refractivity contribution in [1.82, 2.24) is 9.80 Å². The Kier molecular flexibility index (Phi) is 14.4. The van der Waals surface area contributed by atoms with E-state index in [2.05, 4.69) is 35.9 Å². The molecule has 1 saturated heterocycles. The lowest BCUT2D eigenvalue weighted by Crippen LogP contribution is -2.21. The van der Waals surface area contributed by atoms with Crippen LogP contribution in [0, 0.1) is 0 Å². The zero-order valence-corrected chi connectivity index (χ0v) is 16.8. The third-order valence-electron chi connectivity index (χ3n) is 5.32. The Morgan fingerprint density at radius 2 is 1.21 bits per heavy atom. The molecule has 0 aliphatic carbocycles. The first kappa shape index (κ1) is 21.5. The molecule has 1 aliphatic rings. The number of allylic oxidation sites excluding steroid dienone is 1. The minimum atomic E-state index is 1.13. The van der Waals surface area contributed by atoms with Crippen LogP contribution >= 0.6 is 0 Å². The van der Waals surface area contributed by atoms with Gasteiger partial charge in [-0.2, -0.15) is 0 Å². The Hall–Kier alpha value is -0.500. The average molecular weight is 337 g/mol. The largest absolute Gasteiger partial charge is 0.364 e. The van der Waals surface area contributed by atoms with Crippen LogP contribution in [-0.2, 0) is 0 Å². The molecule has 1 rings (SSSR count). The van der Waals surface area contributed by atoms with E-state index in [0.29, 0.717) is 0 Å². The highest BCUT2D eigenvalue weighted by Gasteiger charge is 2.14. The molecule has 0 radical (unpaired) electrons. The lowest BCUT2D eigenvalue weighted by molar-refractivity contribution is 0.302. The van der Waals surface area contributed by atoms with E-state index in [0.717, 1.165) is 6.67 Å². The molecule has 0 spiro atoms. The molecule has 0 saturated carbocycles. The summed E-state index contributed by atoms with van der Waals surface area (Å²) < 4.78 is 0. The molecule has 0 bridgehead atoms. The highest BCUT2D eigenvalue weighted by Crippen LogP contribution is 2.13. The number of rotatable bonds is 16. The Balaban J connectivity index is 1.75. The van der Waals surface area contributed by atoms with Gasteiger partial charge in [-0.15, -0.1) is 0 Å². The van der Waals surface area contributed by atoms with Crippen molar-refractivity contribution in [2.24, 2.45) is 0 Å². The van der Waals surface area contributed by atoms with Gasteiger partial charge in [0.15, 0.2) is 0 Å². The van der Waals surface area contributed by atoms with Crippen LogP contribution in [0.1, 0.15) is 104 Å². The lowest BCUT2D eigenvalue weighted by atomic mass is 10.0. The van der Waals surface area contributed by atoms with E-state index in [1.807, 2.05) is 0 Å². The van der Waals surface area contributed by atoms with Gasteiger partial charge >= 0.3 is 0 Å². The number of likely N-dealkylation sites (N-methyl/N-ethyl adjacent to an activating group) is 1. The molecule has 2 heteroatoms. The molecule has 0 aromatic heterocycles. The van der Waals surface area contributed by atoms with Crippen LogP contribution in [0.15, 0.2) is 12.3 Å². The van der Waals surface area contributed by atoms with E-state index in [1.54, 1.807) is 0 Å². The third kappa shape index (κ3) is 11.9. The molecule has 0 aromatic carbocycles. The fourth-order valence-electron chi connectivity index (χ4n) is 3.55. The number of unbranched alkanes of at least 4 members (excludes halogenated alkanes) is 13. The van der Waals surface area contributed by atoms with Crippen LogP contribution in [0.2, 0.25) is 0 Å². The van der Waals surface area contributed by atoms with Crippen molar-refractivity contribution in [3.05, 3.63) is 12.3 Å². The van der Waals surface area contributed by atoms with Gasteiger partial charge in [0.2, 0.25) is 0 Å². The van der Waals surface area contributed by atoms with Crippen molar-refractivity contribution < 1.29 is 0 Å². The van der Waals surface area contributed by atoms with E-state index in [4.69, 9.17) is 0 Å². The summed E-state index contributed by atoms with van der Waals surface area (Å²) in [4.78, 5) is 4.95. The molecule has 0 unspecified atom stereocenters. The summed E-state index contributed by atoms with van der Waals surface area (Å²) in [7, 11) is 0. The Morgan fingerprint density at radius 1 is 0.667 bits per heavy atom. The Bertz CT molecular complexity index is 288. The molecule has 1 heterocycles. The van der Waals surface area contributed by atoms with Gasteiger partial charge in [-0.05, 0) is 25.6 Å². The van der Waals surface area contributed by atoms with E-state index in [-0.39, 0.29) is 0 Å². The van der Waals surface area contributed by atoms with Crippen LogP contribution < -0.4 is 0 Å². The second kappa shape index (κ2) is 16.0. The Labute approximate surface area is 152 Å². The van der Waals surface area contributed by atoms with Crippen molar-refractivity contribution in [2.45, 2.75) is 104 Å². The van der Waals surface area contributed by atoms with Gasteiger partial charge in [0.25, 0.3) is 0 Å². The second-order valence-corrected chi connectivity index (χ2v) is 7.58. The van der Waals surface area contributed by atoms with Gasteiger partial charge in [0.1, 0.15) is 0 Å². The van der Waals surface area contributed by atoms with Crippen molar-refractivity contribution in [1.29, 1.82) is 0 Å². The fourth-order valence-corrected chi connectivity index (χ4v) is 3.55. The first-order valence-corrected chi connectivity index (χ1v) is 11.0. The molecule has 1 fully saturated rings. The SMILES string of the molecule is CCCCCCCCCCCCCCCC=CN1CCN(CC)C1. The van der Waals surface area contributed by atoms with Gasteiger partial charge in [-0.1, -0.05) is 97.0 Å². The van der Waals surface area contributed by atoms with Gasteiger partial charge in [0, 0.05) is 13.1 Å². The summed E-state index contributed by atoms with van der Waals surface area (Å²) in [6, 6.07) is 0. The summed E-state index contributed by atoms with van der Waals surface area (Å²) >= 11 is 0. The lowest BCUT2D eigenvalue weighted by Gasteiger charge is -2.13. The molecule has 24 heavy (non-hydrogen) atoms. The maximum Gasteiger partial charge on any atom is 0.0702 e. The van der Waals surface area contributed by atoms with Crippen molar-refractivity contribution >= 4 is 0 Å². The maximum absolute atomic E-state index is 2.50. The van der Waals surface area contributed by atoms with E-state index < -0.39 is 0 Å². The molecule has 1 aliphatic heterocycles. The molecule has 0 aromatic rings. The first-order valence-electron chi connectivity index (χ1n) is 11.0. The van der Waals surface area contributed by atoms with Crippen molar-refractivity contribution in [3.8, 4) is 0 Å². The zero-order chi connectivity index (χ0) is 17.3. The minimum absolute atomic E-state index is 1.13. The molecule has 0 atom stereocenters. The van der Waals surface area contributed by atoms with E-state index in [1.165, 1.54) is 110 Å². The van der Waals surface area contributed by atoms with Gasteiger partial charge < -0.3 is 4.90 Å². The first-order chi connectivity index (χ1) is 11.9. The van der Waals surface area contributed by atoms with Crippen LogP contribution in [0.5, 0.6) is 0 Å². The summed E-state index contributed by atoms with van der Waals surface area (Å²) in [5.74, 6) is 0. The van der Waals surface area contributed by atoms with E-state index >= 15 is 0 Å². The van der Waals surface area contributed by atoms with Gasteiger partial charge in [0.05, 0.1) is 6.67 Å². The maximum atomic E-state index is 2.50. The zero-order valence-electron chi connectivity index (χ0n) is 16.8. The van der Waals surface area contributed by atoms with Crippen molar-refractivity contribution in [3.63, 3.8) is 0 Å². The number of nitrogens with zero attached hydrogens (tertiary/aromatic N) is 2. The molecule has 142 valence electrons. The second-order valence-electron chi connectivity index (χ2n) is 7.58. The normalized spacial score (nSPS) is 15.8. The summed E-state index contributed by atoms with van der Waals surface area (Å²) in [5, 5.41) is 0. The summed E-state index contributed by atoms with van der Waals surface area (Å²) in [5.41, 5.74) is 0. The minimum Gasteiger partial charge on any atom is -0.364 e. The van der Waals surface area contributed by atoms with Crippen molar-refractivity contribution in [2.75, 3.05) is 26.3 Å². The smallest absolute Gasteiger partial charge is 0.0702 e. The van der Waals surface area contributed by atoms with Gasteiger partial charge in [-0.3, -0.25) is 4.90 Å². The van der Waals surface area contributed by atoms with Gasteiger partial charge in [-0.25, -0.2) is 0 Å². The fraction of sp³-hybridized carbons (Fsp3) is 0.909. The molecule has 2 nitrogen and oxygen atoms in total. The topological polar surface area (TPSA) is 6.48 Å². The predicted molar refractivity (Wildman–Crippen MR) is 108 cm³/mol. The highest BCUT2D eigenvalue weighted by atomic mass is 15.4. The Morgan fingerprint density at radius 3 is 1.71 bits per heavy atom. The highest BCUT2D eigenvalue weighted by molar-refractivity contribution is 4.85. The quantitative estimate of drug-likeness (QED) is 0.294. The molecular formula is C22H44N2. The standard InChI is InChI=1S/C22H44N2/c1-3-5-6-7-8-9-10-11-12-13-14-15-16-17-18-19-24-21-20-23(4-2)22-24/h18-19H,3-17,20-22H2,1-2H3. The third-order valence-corrected chi connectivity index (χ3v) is 5.32. The monoisotopic (exact) mass is 336 g/mol. The number of hydrogen-bond acceptors (Lipinski definition) is 2. The van der Waals surface area contributed by atoms with E-state index in [9.17, 15) is 0 Å². The summed E-state index contributed by atoms with van der Waals surface area (Å²) in [6.45, 7) is 9.31. The average Bonchev–Trinajstić information content (AvgIpc) is 3.06. The van der Waals surface area contributed by atoms with Crippen LogP contribution in [0.25, 0.3) is 0 Å². The molecular weight excluding hydrogens is 292 g/mol. The molecule has 0 N–H and O–H groups in total. The van der Waals surface area contributed by atoms with Crippen LogP contribution in [-0.4, -0.2) is 36.1 Å². The summed E-state index contributed by atoms with van der Waals surface area (Å²) in [6.07, 6.45) is 24.7. The van der Waals surface area contributed by atoms with Crippen LogP contribution in [0.3, 0.4) is 0 Å². The number of hydrogen-bond donors (Lipinski definition) is 0. The predicted octanol–water partition coefficient (Wildman–Crippen LogP) is 6.58.